The number of furan rings is 1. The maximum absolute atomic E-state index is 6.15. The predicted molar refractivity (Wildman–Crippen MR) is 116 cm³/mol. The summed E-state index contributed by atoms with van der Waals surface area (Å²) in [6.07, 6.45) is 1.50. The molecule has 4 nitrogen and oxygen atoms in total. The minimum Gasteiger partial charge on any atom is -0.456 e. The second kappa shape index (κ2) is 5.26. The number of nitrogens with zero attached hydrogens (tertiary/aromatic N) is 2. The Morgan fingerprint density at radius 3 is 2.41 bits per heavy atom. The van der Waals surface area contributed by atoms with Gasteiger partial charge in [-0.15, -0.1) is 0 Å². The van der Waals surface area contributed by atoms with Crippen molar-refractivity contribution in [3.8, 4) is 5.69 Å². The smallest absolute Gasteiger partial charge is 0.182 e. The third-order valence-corrected chi connectivity index (χ3v) is 5.75. The molecule has 0 amide bonds. The molecule has 0 spiro atoms. The molecule has 4 aromatic carbocycles. The normalized spacial score (nSPS) is 12.1. The van der Waals surface area contributed by atoms with Crippen LogP contribution in [0.3, 0.4) is 0 Å². The first kappa shape index (κ1) is 14.9. The second-order valence-corrected chi connectivity index (χ2v) is 7.29. The molecule has 7 rings (SSSR count). The zero-order valence-electron chi connectivity index (χ0n) is 15.3. The van der Waals surface area contributed by atoms with Crippen LogP contribution in [-0.4, -0.2) is 9.55 Å². The van der Waals surface area contributed by atoms with Crippen LogP contribution in [0.5, 0.6) is 0 Å². The summed E-state index contributed by atoms with van der Waals surface area (Å²) in [6, 6.07) is 27.1. The fourth-order valence-corrected chi connectivity index (χ4v) is 4.50. The Hall–Kier alpha value is -4.05. The van der Waals surface area contributed by atoms with Crippen LogP contribution in [0.2, 0.25) is 0 Å². The molecule has 0 atom stereocenters. The van der Waals surface area contributed by atoms with Crippen LogP contribution in [0.4, 0.5) is 0 Å². The molecule has 7 aromatic rings. The fraction of sp³-hybridized carbons (Fsp3) is 0. The number of para-hydroxylation sites is 3. The lowest BCUT2D eigenvalue weighted by Crippen LogP contribution is -1.94. The molecule has 0 bridgehead atoms. The number of rotatable bonds is 1. The monoisotopic (exact) mass is 374 g/mol. The predicted octanol–water partition coefficient (Wildman–Crippen LogP) is 6.82. The molecular formula is C25H14N2O2. The lowest BCUT2D eigenvalue weighted by atomic mass is 10.1. The van der Waals surface area contributed by atoms with E-state index in [1.807, 2.05) is 30.3 Å². The Kier molecular flexibility index (Phi) is 2.71. The largest absolute Gasteiger partial charge is 0.456 e. The number of fused-ring (bicyclic) bond motifs is 7. The van der Waals surface area contributed by atoms with E-state index in [1.54, 1.807) is 0 Å². The quantitative estimate of drug-likeness (QED) is 0.316. The van der Waals surface area contributed by atoms with Gasteiger partial charge < -0.3 is 13.4 Å². The molecule has 0 aliphatic carbocycles. The first-order valence-corrected chi connectivity index (χ1v) is 9.55. The van der Waals surface area contributed by atoms with Gasteiger partial charge in [0.2, 0.25) is 0 Å². The highest BCUT2D eigenvalue weighted by atomic mass is 16.3. The van der Waals surface area contributed by atoms with Gasteiger partial charge in [-0.1, -0.05) is 42.5 Å². The first-order chi connectivity index (χ1) is 14.4. The summed E-state index contributed by atoms with van der Waals surface area (Å²) in [4.78, 5) is 4.48. The van der Waals surface area contributed by atoms with E-state index in [9.17, 15) is 0 Å². The van der Waals surface area contributed by atoms with Crippen LogP contribution in [0.25, 0.3) is 60.5 Å². The van der Waals surface area contributed by atoms with Gasteiger partial charge in [-0.2, -0.15) is 0 Å². The minimum absolute atomic E-state index is 0.781. The molecule has 0 aliphatic rings. The number of hydrogen-bond donors (Lipinski definition) is 0. The Morgan fingerprint density at radius 2 is 1.45 bits per heavy atom. The Balaban J connectivity index is 1.73. The third-order valence-electron chi connectivity index (χ3n) is 5.75. The van der Waals surface area contributed by atoms with E-state index in [0.717, 1.165) is 55.1 Å². The van der Waals surface area contributed by atoms with Gasteiger partial charge >= 0.3 is 0 Å². The van der Waals surface area contributed by atoms with Crippen LogP contribution in [0.15, 0.2) is 94.1 Å². The molecule has 136 valence electrons. The highest BCUT2D eigenvalue weighted by Crippen LogP contribution is 2.39. The molecule has 29 heavy (non-hydrogen) atoms. The van der Waals surface area contributed by atoms with Gasteiger partial charge in [-0.25, -0.2) is 4.98 Å². The van der Waals surface area contributed by atoms with E-state index >= 15 is 0 Å². The van der Waals surface area contributed by atoms with E-state index in [0.29, 0.717) is 0 Å². The molecule has 0 N–H and O–H groups in total. The molecule has 0 saturated carbocycles. The Labute approximate surface area is 164 Å². The Morgan fingerprint density at radius 1 is 0.621 bits per heavy atom. The molecule has 0 aliphatic heterocycles. The summed E-state index contributed by atoms with van der Waals surface area (Å²) in [5.41, 5.74) is 6.71. The van der Waals surface area contributed by atoms with Gasteiger partial charge in [0.1, 0.15) is 16.7 Å². The van der Waals surface area contributed by atoms with Crippen molar-refractivity contribution in [2.45, 2.75) is 0 Å². The zero-order valence-corrected chi connectivity index (χ0v) is 15.3. The SMILES string of the molecule is c1cc(-n2c3ccccc3c3cc4oc5ccccc5c4cc32)c2ncoc2c1. The lowest BCUT2D eigenvalue weighted by Gasteiger charge is -2.08. The highest BCUT2D eigenvalue weighted by Gasteiger charge is 2.18. The first-order valence-electron chi connectivity index (χ1n) is 9.55. The fourth-order valence-electron chi connectivity index (χ4n) is 4.50. The van der Waals surface area contributed by atoms with Gasteiger partial charge in [-0.05, 0) is 36.4 Å². The van der Waals surface area contributed by atoms with Gasteiger partial charge in [-0.3, -0.25) is 0 Å². The van der Waals surface area contributed by atoms with Crippen LogP contribution in [0.1, 0.15) is 0 Å². The Bertz CT molecular complexity index is 1720. The van der Waals surface area contributed by atoms with Crippen LogP contribution < -0.4 is 0 Å². The highest BCUT2D eigenvalue weighted by molar-refractivity contribution is 6.17. The summed E-state index contributed by atoms with van der Waals surface area (Å²) in [6.45, 7) is 0. The van der Waals surface area contributed by atoms with Crippen molar-refractivity contribution in [2.24, 2.45) is 0 Å². The molecule has 0 fully saturated rings. The summed E-state index contributed by atoms with van der Waals surface area (Å²) in [5.74, 6) is 0. The summed E-state index contributed by atoms with van der Waals surface area (Å²) in [7, 11) is 0. The average molecular weight is 374 g/mol. The number of benzene rings is 4. The van der Waals surface area contributed by atoms with E-state index in [-0.39, 0.29) is 0 Å². The average Bonchev–Trinajstić information content (AvgIpc) is 3.46. The maximum Gasteiger partial charge on any atom is 0.182 e. The van der Waals surface area contributed by atoms with Gasteiger partial charge in [0.25, 0.3) is 0 Å². The van der Waals surface area contributed by atoms with Crippen molar-refractivity contribution in [3.63, 3.8) is 0 Å². The summed E-state index contributed by atoms with van der Waals surface area (Å²) < 4.78 is 14.0. The van der Waals surface area contributed by atoms with E-state index in [1.165, 1.54) is 11.8 Å². The maximum atomic E-state index is 6.15. The van der Waals surface area contributed by atoms with Crippen LogP contribution in [0, 0.1) is 0 Å². The van der Waals surface area contributed by atoms with Crippen molar-refractivity contribution in [1.82, 2.24) is 9.55 Å². The van der Waals surface area contributed by atoms with E-state index < -0.39 is 0 Å². The van der Waals surface area contributed by atoms with Crippen molar-refractivity contribution in [2.75, 3.05) is 0 Å². The molecule has 0 saturated heterocycles. The van der Waals surface area contributed by atoms with Gasteiger partial charge in [0, 0.05) is 21.5 Å². The van der Waals surface area contributed by atoms with Gasteiger partial charge in [0.15, 0.2) is 12.0 Å². The number of oxazole rings is 1. The molecule has 3 heterocycles. The summed E-state index contributed by atoms with van der Waals surface area (Å²) >= 11 is 0. The van der Waals surface area contributed by atoms with Crippen molar-refractivity contribution in [3.05, 3.63) is 85.3 Å². The number of aromatic nitrogens is 2. The standard InChI is InChI=1S/C25H14N2O2/c1-3-8-19-15(6-1)17-13-24-18(16-7-2-4-10-22(16)29-24)12-21(17)27(19)20-9-5-11-23-25(20)26-14-28-23/h1-14H. The van der Waals surface area contributed by atoms with Gasteiger partial charge in [0.05, 0.1) is 16.7 Å². The topological polar surface area (TPSA) is 44.1 Å². The zero-order chi connectivity index (χ0) is 18.9. The second-order valence-electron chi connectivity index (χ2n) is 7.29. The molecular weight excluding hydrogens is 360 g/mol. The molecule has 0 radical (unpaired) electrons. The van der Waals surface area contributed by atoms with Crippen LogP contribution >= 0.6 is 0 Å². The minimum atomic E-state index is 0.781. The number of hydrogen-bond acceptors (Lipinski definition) is 3. The molecule has 3 aromatic heterocycles. The molecule has 0 unspecified atom stereocenters. The van der Waals surface area contributed by atoms with Crippen molar-refractivity contribution < 1.29 is 8.83 Å². The van der Waals surface area contributed by atoms with E-state index in [2.05, 4.69) is 58.1 Å². The summed E-state index contributed by atoms with van der Waals surface area (Å²) in [5, 5.41) is 4.59. The van der Waals surface area contributed by atoms with Crippen molar-refractivity contribution >= 4 is 54.8 Å². The van der Waals surface area contributed by atoms with Crippen LogP contribution in [-0.2, 0) is 0 Å². The van der Waals surface area contributed by atoms with E-state index in [4.69, 9.17) is 8.83 Å². The third kappa shape index (κ3) is 1.90. The van der Waals surface area contributed by atoms with Crippen molar-refractivity contribution in [1.29, 1.82) is 0 Å². The molecule has 4 heteroatoms. The lowest BCUT2D eigenvalue weighted by molar-refractivity contribution is 0.602.